The molecule has 0 aliphatic heterocycles. The third kappa shape index (κ3) is 10.8. The predicted molar refractivity (Wildman–Crippen MR) is 105 cm³/mol. The Balaban J connectivity index is 0. The van der Waals surface area contributed by atoms with Gasteiger partial charge < -0.3 is 14.2 Å². The van der Waals surface area contributed by atoms with Crippen molar-refractivity contribution in [2.75, 3.05) is 25.6 Å². The smallest absolute Gasteiger partial charge is 0.333 e. The van der Waals surface area contributed by atoms with E-state index < -0.39 is 52.4 Å². The molecule has 0 radical (unpaired) electrons. The van der Waals surface area contributed by atoms with Gasteiger partial charge in [0.25, 0.3) is 10.1 Å². The summed E-state index contributed by atoms with van der Waals surface area (Å²) in [5.74, 6) is -2.85. The standard InChI is InChI=1S/C17H26O9S.Mg.2H/c1-6-17(10-25-14(18)12(2)3,11-26-15(19)13(4)5)16(20)24-8-7-9-27(21,22)23;;;/h2,4,6-11H2,1,3,5H3,(H,21,22,23);;;. The molecule has 158 valence electrons. The maximum atomic E-state index is 12.5. The van der Waals surface area contributed by atoms with Gasteiger partial charge >= 0.3 is 41.0 Å². The van der Waals surface area contributed by atoms with Crippen LogP contribution < -0.4 is 0 Å². The van der Waals surface area contributed by atoms with E-state index in [9.17, 15) is 22.8 Å². The van der Waals surface area contributed by atoms with Gasteiger partial charge in [0.2, 0.25) is 0 Å². The molecule has 0 atom stereocenters. The largest absolute Gasteiger partial charge is 0.465 e. The van der Waals surface area contributed by atoms with Crippen molar-refractivity contribution in [3.05, 3.63) is 24.3 Å². The Labute approximate surface area is 181 Å². The fraction of sp³-hybridized carbons (Fsp3) is 0.588. The summed E-state index contributed by atoms with van der Waals surface area (Å²) < 4.78 is 45.2. The van der Waals surface area contributed by atoms with Gasteiger partial charge in [-0.3, -0.25) is 9.35 Å². The van der Waals surface area contributed by atoms with Crippen molar-refractivity contribution in [3.63, 3.8) is 0 Å². The van der Waals surface area contributed by atoms with Gasteiger partial charge in [-0.15, -0.1) is 0 Å². The van der Waals surface area contributed by atoms with Gasteiger partial charge in [-0.05, 0) is 26.7 Å². The summed E-state index contributed by atoms with van der Waals surface area (Å²) in [7, 11) is -4.17. The first-order chi connectivity index (χ1) is 12.3. The highest BCUT2D eigenvalue weighted by Crippen LogP contribution is 2.26. The molecule has 0 heterocycles. The van der Waals surface area contributed by atoms with Crippen LogP contribution in [0, 0.1) is 5.41 Å². The zero-order valence-electron chi connectivity index (χ0n) is 15.8. The Morgan fingerprint density at radius 2 is 1.39 bits per heavy atom. The number of esters is 3. The number of rotatable bonds is 12. The Hall–Kier alpha value is -1.43. The number of carbonyl (C=O) groups is 3. The van der Waals surface area contributed by atoms with Gasteiger partial charge in [0, 0.05) is 11.1 Å². The SMILES string of the molecule is C=C(C)C(=O)OCC(CC)(COC(=O)C(=C)C)C(=O)OCCCS(=O)(=O)O.[MgH2]. The maximum absolute atomic E-state index is 12.5. The maximum Gasteiger partial charge on any atom is 0.333 e. The van der Waals surface area contributed by atoms with E-state index in [0.717, 1.165) is 0 Å². The quantitative estimate of drug-likeness (QED) is 0.117. The minimum Gasteiger partial charge on any atom is -0.465 e. The highest BCUT2D eigenvalue weighted by molar-refractivity contribution is 7.85. The molecule has 0 fully saturated rings. The van der Waals surface area contributed by atoms with Gasteiger partial charge in [-0.2, -0.15) is 8.42 Å². The van der Waals surface area contributed by atoms with Crippen LogP contribution >= 0.6 is 0 Å². The minimum absolute atomic E-state index is 0. The molecule has 0 rings (SSSR count). The van der Waals surface area contributed by atoms with E-state index in [4.69, 9.17) is 18.8 Å². The second-order valence-electron chi connectivity index (χ2n) is 6.12. The third-order valence-electron chi connectivity index (χ3n) is 3.55. The topological polar surface area (TPSA) is 133 Å². The Kier molecular flexibility index (Phi) is 13.3. The number of hydrogen-bond acceptors (Lipinski definition) is 8. The average molecular weight is 433 g/mol. The molecule has 0 aromatic carbocycles. The van der Waals surface area contributed by atoms with E-state index in [-0.39, 0.29) is 53.6 Å². The summed E-state index contributed by atoms with van der Waals surface area (Å²) in [4.78, 5) is 35.8. The normalized spacial score (nSPS) is 11.0. The van der Waals surface area contributed by atoms with Gasteiger partial charge in [0.05, 0.1) is 12.4 Å². The van der Waals surface area contributed by atoms with Gasteiger partial charge in [0.15, 0.2) is 0 Å². The lowest BCUT2D eigenvalue weighted by Crippen LogP contribution is -2.43. The molecule has 0 aliphatic carbocycles. The molecule has 0 unspecified atom stereocenters. The predicted octanol–water partition coefficient (Wildman–Crippen LogP) is 0.526. The van der Waals surface area contributed by atoms with Crippen molar-refractivity contribution in [2.45, 2.75) is 33.6 Å². The highest BCUT2D eigenvalue weighted by Gasteiger charge is 2.42. The fourth-order valence-electron chi connectivity index (χ4n) is 1.72. The monoisotopic (exact) mass is 432 g/mol. The highest BCUT2D eigenvalue weighted by atomic mass is 32.2. The molecule has 0 spiro atoms. The Bertz CT molecular complexity index is 667. The van der Waals surface area contributed by atoms with Crippen LogP contribution in [-0.2, 0) is 38.7 Å². The van der Waals surface area contributed by atoms with Crippen LogP contribution in [0.2, 0.25) is 0 Å². The second kappa shape index (κ2) is 12.9. The van der Waals surface area contributed by atoms with Crippen molar-refractivity contribution in [1.82, 2.24) is 0 Å². The molecule has 0 aromatic rings. The lowest BCUT2D eigenvalue weighted by molar-refractivity contribution is -0.170. The fourth-order valence-corrected chi connectivity index (χ4v) is 2.20. The molecule has 0 saturated carbocycles. The molecule has 0 aliphatic rings. The van der Waals surface area contributed by atoms with Crippen molar-refractivity contribution in [3.8, 4) is 0 Å². The summed E-state index contributed by atoms with van der Waals surface area (Å²) in [6, 6.07) is 0. The number of hydrogen-bond donors (Lipinski definition) is 1. The van der Waals surface area contributed by atoms with Gasteiger partial charge in [0.1, 0.15) is 18.6 Å². The van der Waals surface area contributed by atoms with E-state index >= 15 is 0 Å². The Morgan fingerprint density at radius 1 is 0.964 bits per heavy atom. The molecular formula is C17H28MgO9S. The molecule has 11 heteroatoms. The minimum atomic E-state index is -4.17. The average Bonchev–Trinajstić information content (AvgIpc) is 2.57. The van der Waals surface area contributed by atoms with Crippen LogP contribution in [0.5, 0.6) is 0 Å². The zero-order valence-corrected chi connectivity index (χ0v) is 16.6. The van der Waals surface area contributed by atoms with Crippen LogP contribution in [-0.4, -0.2) is 79.5 Å². The first kappa shape index (κ1) is 28.8. The number of ether oxygens (including phenoxy) is 3. The van der Waals surface area contributed by atoms with Crippen LogP contribution in [0.25, 0.3) is 0 Å². The summed E-state index contributed by atoms with van der Waals surface area (Å²) in [6.07, 6.45) is -0.0153. The molecule has 28 heavy (non-hydrogen) atoms. The van der Waals surface area contributed by atoms with E-state index in [0.29, 0.717) is 0 Å². The van der Waals surface area contributed by atoms with E-state index in [1.165, 1.54) is 13.8 Å². The molecule has 1 N–H and O–H groups in total. The van der Waals surface area contributed by atoms with Crippen molar-refractivity contribution in [1.29, 1.82) is 0 Å². The first-order valence-corrected chi connectivity index (χ1v) is 9.73. The van der Waals surface area contributed by atoms with Crippen molar-refractivity contribution >= 4 is 51.1 Å². The van der Waals surface area contributed by atoms with Crippen LogP contribution in [0.3, 0.4) is 0 Å². The van der Waals surface area contributed by atoms with E-state index in [1.54, 1.807) is 6.92 Å². The summed E-state index contributed by atoms with van der Waals surface area (Å²) in [6.45, 7) is 10.2. The van der Waals surface area contributed by atoms with Gasteiger partial charge in [-0.25, -0.2) is 9.59 Å². The van der Waals surface area contributed by atoms with Gasteiger partial charge in [-0.1, -0.05) is 20.1 Å². The van der Waals surface area contributed by atoms with Crippen LogP contribution in [0.4, 0.5) is 0 Å². The van der Waals surface area contributed by atoms with Crippen molar-refractivity contribution in [2.24, 2.45) is 5.41 Å². The molecule has 9 nitrogen and oxygen atoms in total. The molecular weight excluding hydrogens is 405 g/mol. The second-order valence-corrected chi connectivity index (χ2v) is 7.69. The summed E-state index contributed by atoms with van der Waals surface area (Å²) in [5.41, 5.74) is -1.23. The number of carbonyl (C=O) groups excluding carboxylic acids is 3. The molecule has 0 aromatic heterocycles. The lowest BCUT2D eigenvalue weighted by atomic mass is 9.87. The lowest BCUT2D eigenvalue weighted by Gasteiger charge is -2.29. The van der Waals surface area contributed by atoms with Crippen LogP contribution in [0.1, 0.15) is 33.6 Å². The molecule has 0 bridgehead atoms. The first-order valence-electron chi connectivity index (χ1n) is 8.12. The summed E-state index contributed by atoms with van der Waals surface area (Å²) in [5, 5.41) is 0. The zero-order chi connectivity index (χ0) is 21.3. The molecule has 0 saturated heterocycles. The van der Waals surface area contributed by atoms with E-state index in [2.05, 4.69) is 13.2 Å². The Morgan fingerprint density at radius 3 is 1.71 bits per heavy atom. The van der Waals surface area contributed by atoms with Crippen molar-refractivity contribution < 1.29 is 41.6 Å². The summed E-state index contributed by atoms with van der Waals surface area (Å²) >= 11 is 0. The molecule has 0 amide bonds. The van der Waals surface area contributed by atoms with E-state index in [1.807, 2.05) is 0 Å². The van der Waals surface area contributed by atoms with Crippen LogP contribution in [0.15, 0.2) is 24.3 Å². The third-order valence-corrected chi connectivity index (χ3v) is 4.35.